The number of fused-ring (bicyclic) bond motifs is 2. The first-order valence-corrected chi connectivity index (χ1v) is 13.1. The van der Waals surface area contributed by atoms with Crippen LogP contribution in [-0.2, 0) is 13.1 Å². The van der Waals surface area contributed by atoms with Gasteiger partial charge in [-0.2, -0.15) is 5.10 Å². The second-order valence-corrected chi connectivity index (χ2v) is 9.81. The third-order valence-electron chi connectivity index (χ3n) is 7.13. The van der Waals surface area contributed by atoms with E-state index in [2.05, 4.69) is 79.0 Å². The number of benzene rings is 3. The lowest BCUT2D eigenvalue weighted by molar-refractivity contribution is 0.628. The van der Waals surface area contributed by atoms with Crippen LogP contribution in [0.3, 0.4) is 0 Å². The van der Waals surface area contributed by atoms with Crippen LogP contribution in [0, 0.1) is 5.82 Å². The lowest BCUT2D eigenvalue weighted by atomic mass is 10.0. The van der Waals surface area contributed by atoms with Gasteiger partial charge < -0.3 is 10.3 Å². The summed E-state index contributed by atoms with van der Waals surface area (Å²) in [5.74, 6) is -0.258. The predicted molar refractivity (Wildman–Crippen MR) is 157 cm³/mol. The molecule has 0 spiro atoms. The van der Waals surface area contributed by atoms with Crippen molar-refractivity contribution >= 4 is 21.9 Å². The summed E-state index contributed by atoms with van der Waals surface area (Å²) in [5.41, 5.74) is 9.76. The highest BCUT2D eigenvalue weighted by Gasteiger charge is 2.15. The third kappa shape index (κ3) is 4.63. The highest BCUT2D eigenvalue weighted by Crippen LogP contribution is 2.34. The van der Waals surface area contributed by atoms with E-state index in [-0.39, 0.29) is 5.82 Å². The zero-order chi connectivity index (χ0) is 26.9. The number of aromatic nitrogens is 5. The molecule has 0 aliphatic rings. The van der Waals surface area contributed by atoms with Crippen LogP contribution in [0.5, 0.6) is 0 Å². The van der Waals surface area contributed by atoms with E-state index in [1.807, 2.05) is 30.6 Å². The molecule has 4 heterocycles. The molecule has 0 unspecified atom stereocenters. The lowest BCUT2D eigenvalue weighted by Gasteiger charge is -2.08. The van der Waals surface area contributed by atoms with Crippen molar-refractivity contribution in [2.75, 3.05) is 0 Å². The lowest BCUT2D eigenvalue weighted by Crippen LogP contribution is -2.12. The van der Waals surface area contributed by atoms with Crippen molar-refractivity contribution in [1.29, 1.82) is 0 Å². The number of aromatic amines is 2. The Hall–Kier alpha value is -5.14. The molecule has 0 aliphatic carbocycles. The summed E-state index contributed by atoms with van der Waals surface area (Å²) in [6.45, 7) is 1.53. The van der Waals surface area contributed by atoms with E-state index in [4.69, 9.17) is 0 Å². The van der Waals surface area contributed by atoms with E-state index in [9.17, 15) is 4.39 Å². The molecular formula is C33H25FN6. The minimum absolute atomic E-state index is 0.258. The summed E-state index contributed by atoms with van der Waals surface area (Å²) >= 11 is 0. The van der Waals surface area contributed by atoms with Crippen molar-refractivity contribution < 1.29 is 4.39 Å². The molecule has 0 aliphatic heterocycles. The Labute approximate surface area is 230 Å². The minimum atomic E-state index is -0.258. The Balaban J connectivity index is 1.20. The Morgan fingerprint density at radius 3 is 2.42 bits per heavy atom. The molecule has 3 N–H and O–H groups in total. The molecule has 4 aromatic heterocycles. The maximum absolute atomic E-state index is 13.5. The molecule has 6 nitrogen and oxygen atoms in total. The van der Waals surface area contributed by atoms with E-state index in [0.29, 0.717) is 0 Å². The molecule has 194 valence electrons. The van der Waals surface area contributed by atoms with Gasteiger partial charge in [-0.15, -0.1) is 0 Å². The number of rotatable bonds is 7. The Morgan fingerprint density at radius 2 is 1.55 bits per heavy atom. The fourth-order valence-electron chi connectivity index (χ4n) is 5.12. The van der Waals surface area contributed by atoms with Gasteiger partial charge >= 0.3 is 0 Å². The zero-order valence-corrected chi connectivity index (χ0v) is 21.5. The van der Waals surface area contributed by atoms with Gasteiger partial charge in [0, 0.05) is 48.0 Å². The zero-order valence-electron chi connectivity index (χ0n) is 21.5. The van der Waals surface area contributed by atoms with Crippen molar-refractivity contribution in [3.05, 3.63) is 127 Å². The average molecular weight is 525 g/mol. The molecule has 0 radical (unpaired) electrons. The molecule has 7 aromatic rings. The molecule has 0 bridgehead atoms. The first-order valence-electron chi connectivity index (χ1n) is 13.1. The molecule has 0 fully saturated rings. The highest BCUT2D eigenvalue weighted by molar-refractivity contribution is 6.00. The fraction of sp³-hybridized carbons (Fsp3) is 0.0606. The molecule has 3 aromatic carbocycles. The molecule has 7 heteroatoms. The molecule has 0 atom stereocenters. The molecule has 40 heavy (non-hydrogen) atoms. The minimum Gasteiger partial charge on any atom is -0.338 e. The van der Waals surface area contributed by atoms with Crippen LogP contribution in [0.25, 0.3) is 55.6 Å². The van der Waals surface area contributed by atoms with E-state index >= 15 is 0 Å². The summed E-state index contributed by atoms with van der Waals surface area (Å²) in [6, 6.07) is 29.3. The number of hydrogen-bond acceptors (Lipinski definition) is 4. The third-order valence-corrected chi connectivity index (χ3v) is 7.13. The number of nitrogens with one attached hydrogen (secondary N) is 3. The summed E-state index contributed by atoms with van der Waals surface area (Å²) < 4.78 is 13.5. The van der Waals surface area contributed by atoms with Gasteiger partial charge in [0.2, 0.25) is 0 Å². The van der Waals surface area contributed by atoms with Crippen LogP contribution in [-0.4, -0.2) is 25.1 Å². The number of halogens is 1. The van der Waals surface area contributed by atoms with Gasteiger partial charge in [-0.3, -0.25) is 10.1 Å². The van der Waals surface area contributed by atoms with E-state index in [1.165, 1.54) is 17.7 Å². The van der Waals surface area contributed by atoms with Crippen molar-refractivity contribution in [2.45, 2.75) is 13.1 Å². The summed E-state index contributed by atoms with van der Waals surface area (Å²) in [6.07, 6.45) is 5.56. The van der Waals surface area contributed by atoms with Gasteiger partial charge in [0.25, 0.3) is 0 Å². The number of H-pyrrole nitrogens is 2. The van der Waals surface area contributed by atoms with Crippen LogP contribution in [0.4, 0.5) is 4.39 Å². The summed E-state index contributed by atoms with van der Waals surface area (Å²) in [7, 11) is 0. The second kappa shape index (κ2) is 10.2. The Morgan fingerprint density at radius 1 is 0.725 bits per heavy atom. The SMILES string of the molecule is Fc1ccc(-c2ccnc3[nH]c(-c4n[nH]c5ccc(-c6cncc(CNCc7ccccc7)c6)cc45)cc23)cc1. The number of hydrogen-bond donors (Lipinski definition) is 3. The molecule has 0 saturated carbocycles. The maximum atomic E-state index is 13.5. The van der Waals surface area contributed by atoms with Crippen LogP contribution in [0.1, 0.15) is 11.1 Å². The monoisotopic (exact) mass is 524 g/mol. The Kier molecular flexibility index (Phi) is 6.11. The molecule has 0 saturated heterocycles. The largest absolute Gasteiger partial charge is 0.338 e. The van der Waals surface area contributed by atoms with Gasteiger partial charge in [0.05, 0.1) is 11.2 Å². The van der Waals surface area contributed by atoms with Gasteiger partial charge in [-0.05, 0) is 70.3 Å². The predicted octanol–water partition coefficient (Wildman–Crippen LogP) is 7.26. The topological polar surface area (TPSA) is 82.3 Å². The van der Waals surface area contributed by atoms with Gasteiger partial charge in [-0.25, -0.2) is 9.37 Å². The van der Waals surface area contributed by atoms with Gasteiger partial charge in [0.15, 0.2) is 0 Å². The molecule has 0 amide bonds. The van der Waals surface area contributed by atoms with Crippen LogP contribution < -0.4 is 5.32 Å². The summed E-state index contributed by atoms with van der Waals surface area (Å²) in [4.78, 5) is 12.5. The smallest absolute Gasteiger partial charge is 0.138 e. The van der Waals surface area contributed by atoms with Crippen LogP contribution in [0.2, 0.25) is 0 Å². The molecule has 7 rings (SSSR count). The normalized spacial score (nSPS) is 11.4. The standard InChI is InChI=1S/C33H25FN6/c34-26-9-6-23(7-10-26)27-12-13-37-33-28(27)16-31(38-33)32-29-15-24(8-11-30(29)39-40-32)25-14-22(19-36-20-25)18-35-17-21-4-2-1-3-5-21/h1-16,19-20,35H,17-18H2,(H,37,38)(H,39,40). The summed E-state index contributed by atoms with van der Waals surface area (Å²) in [5, 5.41) is 13.3. The number of nitrogens with zero attached hydrogens (tertiary/aromatic N) is 3. The first kappa shape index (κ1) is 23.9. The highest BCUT2D eigenvalue weighted by atomic mass is 19.1. The van der Waals surface area contributed by atoms with Crippen LogP contribution in [0.15, 0.2) is 110 Å². The molecular weight excluding hydrogens is 499 g/mol. The van der Waals surface area contributed by atoms with Crippen LogP contribution >= 0.6 is 0 Å². The van der Waals surface area contributed by atoms with Crippen molar-refractivity contribution in [3.8, 4) is 33.6 Å². The van der Waals surface area contributed by atoms with E-state index in [1.54, 1.807) is 18.3 Å². The fourth-order valence-corrected chi connectivity index (χ4v) is 5.12. The van der Waals surface area contributed by atoms with E-state index in [0.717, 1.165) is 74.2 Å². The van der Waals surface area contributed by atoms with Crippen molar-refractivity contribution in [1.82, 2.24) is 30.5 Å². The van der Waals surface area contributed by atoms with Gasteiger partial charge in [-0.1, -0.05) is 48.5 Å². The quantitative estimate of drug-likeness (QED) is 0.205. The van der Waals surface area contributed by atoms with E-state index < -0.39 is 0 Å². The van der Waals surface area contributed by atoms with Crippen molar-refractivity contribution in [2.24, 2.45) is 0 Å². The number of pyridine rings is 2. The average Bonchev–Trinajstić information content (AvgIpc) is 3.62. The Bertz CT molecular complexity index is 1940. The van der Waals surface area contributed by atoms with Gasteiger partial charge in [0.1, 0.15) is 17.2 Å². The van der Waals surface area contributed by atoms with Crippen molar-refractivity contribution in [3.63, 3.8) is 0 Å². The second-order valence-electron chi connectivity index (χ2n) is 9.81. The first-order chi connectivity index (χ1) is 19.7. The maximum Gasteiger partial charge on any atom is 0.138 e.